The maximum atomic E-state index is 13.4. The Morgan fingerprint density at radius 3 is 2.47 bits per heavy atom. The summed E-state index contributed by atoms with van der Waals surface area (Å²) in [7, 11) is 0. The minimum absolute atomic E-state index is 0.0503. The Hall–Kier alpha value is -4.66. The second kappa shape index (κ2) is 10.4. The van der Waals surface area contributed by atoms with Gasteiger partial charge in [-0.25, -0.2) is 0 Å². The summed E-state index contributed by atoms with van der Waals surface area (Å²) >= 11 is 0. The smallest absolute Gasteiger partial charge is 0.300 e. The van der Waals surface area contributed by atoms with Gasteiger partial charge < -0.3 is 29.2 Å². The van der Waals surface area contributed by atoms with E-state index in [4.69, 9.17) is 18.9 Å². The van der Waals surface area contributed by atoms with E-state index in [2.05, 4.69) is 0 Å². The average molecular weight is 518 g/mol. The predicted octanol–water partition coefficient (Wildman–Crippen LogP) is 4.93. The highest BCUT2D eigenvalue weighted by molar-refractivity contribution is 6.51. The first-order chi connectivity index (χ1) is 18.4. The number of amides is 1. The number of carbonyl (C=O) groups excluding carboxylic acids is 2. The standard InChI is InChI=1S/C29H27NO8/c1-3-13-36-20-9-5-17(6-10-20)27(32)25-26(18-7-11-21(31)23(14-18)35-4-2)30(29(34)28(25)33)19-8-12-22-24(15-19)38-16-37-22/h5-12,14-15,26,31-32H,3-4,13,16H2,1-2H3/b27-25+. The molecule has 0 spiro atoms. The van der Waals surface area contributed by atoms with E-state index >= 15 is 0 Å². The third kappa shape index (κ3) is 4.47. The highest BCUT2D eigenvalue weighted by atomic mass is 16.7. The number of aliphatic hydroxyl groups excluding tert-OH is 1. The molecule has 2 N–H and O–H groups in total. The molecule has 196 valence electrons. The summed E-state index contributed by atoms with van der Waals surface area (Å²) < 4.78 is 22.0. The molecule has 0 aliphatic carbocycles. The minimum Gasteiger partial charge on any atom is -0.507 e. The number of rotatable bonds is 8. The number of anilines is 1. The van der Waals surface area contributed by atoms with Gasteiger partial charge in [0.15, 0.2) is 23.0 Å². The van der Waals surface area contributed by atoms with E-state index in [-0.39, 0.29) is 29.6 Å². The number of phenols is 1. The molecule has 3 aromatic carbocycles. The van der Waals surface area contributed by atoms with Crippen LogP contribution in [0.2, 0.25) is 0 Å². The van der Waals surface area contributed by atoms with Gasteiger partial charge in [0.1, 0.15) is 11.5 Å². The molecule has 1 saturated heterocycles. The van der Waals surface area contributed by atoms with Crippen molar-refractivity contribution in [1.29, 1.82) is 0 Å². The third-order valence-corrected chi connectivity index (χ3v) is 6.28. The second-order valence-corrected chi connectivity index (χ2v) is 8.74. The van der Waals surface area contributed by atoms with Crippen molar-refractivity contribution < 1.29 is 38.7 Å². The predicted molar refractivity (Wildman–Crippen MR) is 139 cm³/mol. The fraction of sp³-hybridized carbons (Fsp3) is 0.241. The molecule has 2 aliphatic rings. The molecule has 9 heteroatoms. The summed E-state index contributed by atoms with van der Waals surface area (Å²) in [6.07, 6.45) is 0.849. The first kappa shape index (κ1) is 25.0. The van der Waals surface area contributed by atoms with Gasteiger partial charge in [-0.1, -0.05) is 13.0 Å². The molecule has 1 unspecified atom stereocenters. The lowest BCUT2D eigenvalue weighted by Gasteiger charge is -2.26. The Morgan fingerprint density at radius 1 is 0.974 bits per heavy atom. The quantitative estimate of drug-likeness (QED) is 0.245. The van der Waals surface area contributed by atoms with Gasteiger partial charge in [0.2, 0.25) is 6.79 Å². The van der Waals surface area contributed by atoms with E-state index in [1.54, 1.807) is 61.5 Å². The highest BCUT2D eigenvalue weighted by Crippen LogP contribution is 2.46. The van der Waals surface area contributed by atoms with Crippen LogP contribution in [0.1, 0.15) is 37.4 Å². The van der Waals surface area contributed by atoms with Crippen molar-refractivity contribution in [2.24, 2.45) is 0 Å². The van der Waals surface area contributed by atoms with Crippen LogP contribution in [-0.4, -0.2) is 41.9 Å². The number of hydrogen-bond acceptors (Lipinski definition) is 8. The van der Waals surface area contributed by atoms with Crippen molar-refractivity contribution >= 4 is 23.1 Å². The van der Waals surface area contributed by atoms with Crippen LogP contribution in [0.15, 0.2) is 66.2 Å². The summed E-state index contributed by atoms with van der Waals surface area (Å²) in [5.41, 5.74) is 1.11. The van der Waals surface area contributed by atoms with Crippen molar-refractivity contribution in [2.45, 2.75) is 26.3 Å². The van der Waals surface area contributed by atoms with Crippen molar-refractivity contribution in [1.82, 2.24) is 0 Å². The van der Waals surface area contributed by atoms with E-state index in [0.717, 1.165) is 6.42 Å². The van der Waals surface area contributed by atoms with Gasteiger partial charge >= 0.3 is 0 Å². The Morgan fingerprint density at radius 2 is 1.74 bits per heavy atom. The molecule has 0 aromatic heterocycles. The lowest BCUT2D eigenvalue weighted by molar-refractivity contribution is -0.132. The van der Waals surface area contributed by atoms with Crippen LogP contribution in [-0.2, 0) is 9.59 Å². The lowest BCUT2D eigenvalue weighted by atomic mass is 9.94. The molecule has 38 heavy (non-hydrogen) atoms. The summed E-state index contributed by atoms with van der Waals surface area (Å²) in [6, 6.07) is 15.1. The molecule has 1 fully saturated rings. The molecule has 5 rings (SSSR count). The maximum Gasteiger partial charge on any atom is 0.300 e. The van der Waals surface area contributed by atoms with E-state index in [0.29, 0.717) is 47.3 Å². The van der Waals surface area contributed by atoms with Crippen LogP contribution in [0.5, 0.6) is 28.7 Å². The first-order valence-electron chi connectivity index (χ1n) is 12.3. The third-order valence-electron chi connectivity index (χ3n) is 6.28. The minimum atomic E-state index is -1.01. The monoisotopic (exact) mass is 517 g/mol. The number of benzene rings is 3. The summed E-state index contributed by atoms with van der Waals surface area (Å²) in [5, 5.41) is 21.6. The Bertz CT molecular complexity index is 1410. The summed E-state index contributed by atoms with van der Waals surface area (Å²) in [4.78, 5) is 28.2. The number of carbonyl (C=O) groups is 2. The number of Topliss-reactive ketones (excluding diaryl/α,β-unsaturated/α-hetero) is 1. The van der Waals surface area contributed by atoms with Gasteiger partial charge in [-0.05, 0) is 67.4 Å². The van der Waals surface area contributed by atoms with E-state index in [1.807, 2.05) is 6.92 Å². The molecule has 0 radical (unpaired) electrons. The second-order valence-electron chi connectivity index (χ2n) is 8.74. The zero-order chi connectivity index (χ0) is 26.8. The van der Waals surface area contributed by atoms with Crippen LogP contribution >= 0.6 is 0 Å². The fourth-order valence-corrected chi connectivity index (χ4v) is 4.51. The Labute approximate surface area is 219 Å². The zero-order valence-electron chi connectivity index (χ0n) is 21.0. The summed E-state index contributed by atoms with van der Waals surface area (Å²) in [6.45, 7) is 4.67. The largest absolute Gasteiger partial charge is 0.507 e. The van der Waals surface area contributed by atoms with Crippen LogP contribution in [0.3, 0.4) is 0 Å². The summed E-state index contributed by atoms with van der Waals surface area (Å²) in [5.74, 6) is -0.295. The molecule has 2 aliphatic heterocycles. The average Bonchev–Trinajstić information content (AvgIpc) is 3.50. The molecule has 1 amide bonds. The van der Waals surface area contributed by atoms with E-state index in [9.17, 15) is 19.8 Å². The van der Waals surface area contributed by atoms with Gasteiger partial charge in [0.05, 0.1) is 24.8 Å². The number of ether oxygens (including phenoxy) is 4. The number of hydrogen-bond donors (Lipinski definition) is 2. The molecule has 0 saturated carbocycles. The molecular weight excluding hydrogens is 490 g/mol. The van der Waals surface area contributed by atoms with Crippen LogP contribution < -0.4 is 23.8 Å². The van der Waals surface area contributed by atoms with E-state index < -0.39 is 17.7 Å². The zero-order valence-corrected chi connectivity index (χ0v) is 21.0. The van der Waals surface area contributed by atoms with Gasteiger partial charge in [0, 0.05) is 17.3 Å². The number of aliphatic hydroxyl groups is 1. The Balaban J connectivity index is 1.65. The number of aromatic hydroxyl groups is 1. The molecule has 1 atom stereocenters. The van der Waals surface area contributed by atoms with Crippen molar-refractivity contribution in [3.05, 3.63) is 77.4 Å². The van der Waals surface area contributed by atoms with Gasteiger partial charge in [-0.3, -0.25) is 14.5 Å². The Kier molecular flexibility index (Phi) is 6.83. The van der Waals surface area contributed by atoms with Crippen LogP contribution in [0, 0.1) is 0 Å². The maximum absolute atomic E-state index is 13.4. The molecule has 0 bridgehead atoms. The molecule has 2 heterocycles. The molecular formula is C29H27NO8. The number of fused-ring (bicyclic) bond motifs is 1. The molecule has 9 nitrogen and oxygen atoms in total. The topological polar surface area (TPSA) is 115 Å². The van der Waals surface area contributed by atoms with Crippen LogP contribution in [0.4, 0.5) is 5.69 Å². The van der Waals surface area contributed by atoms with Crippen LogP contribution in [0.25, 0.3) is 5.76 Å². The highest BCUT2D eigenvalue weighted by Gasteiger charge is 2.47. The van der Waals surface area contributed by atoms with Gasteiger partial charge in [-0.15, -0.1) is 0 Å². The van der Waals surface area contributed by atoms with Gasteiger partial charge in [0.25, 0.3) is 11.7 Å². The molecule has 3 aromatic rings. The van der Waals surface area contributed by atoms with Gasteiger partial charge in [-0.2, -0.15) is 0 Å². The van der Waals surface area contributed by atoms with Crippen molar-refractivity contribution in [2.75, 3.05) is 24.9 Å². The number of nitrogens with zero attached hydrogens (tertiary/aromatic N) is 1. The van der Waals surface area contributed by atoms with Crippen molar-refractivity contribution in [3.8, 4) is 28.7 Å². The number of phenolic OH excluding ortho intramolecular Hbond substituents is 1. The SMILES string of the molecule is CCCOc1ccc(/C(O)=C2\C(=O)C(=O)N(c3ccc4c(c3)OCO4)C2c2ccc(O)c(OCC)c2)cc1. The lowest BCUT2D eigenvalue weighted by Crippen LogP contribution is -2.29. The van der Waals surface area contributed by atoms with Crippen molar-refractivity contribution in [3.63, 3.8) is 0 Å². The normalized spacial score (nSPS) is 17.6. The first-order valence-corrected chi connectivity index (χ1v) is 12.3. The van der Waals surface area contributed by atoms with E-state index in [1.165, 1.54) is 11.0 Å². The number of ketones is 1. The fourth-order valence-electron chi connectivity index (χ4n) is 4.51.